The molecule has 128 valence electrons. The number of para-hydroxylation sites is 2. The molecule has 0 aliphatic heterocycles. The van der Waals surface area contributed by atoms with Crippen molar-refractivity contribution in [2.75, 3.05) is 5.32 Å². The Labute approximate surface area is 149 Å². The zero-order valence-electron chi connectivity index (χ0n) is 14.3. The monoisotopic (exact) mass is 344 g/mol. The van der Waals surface area contributed by atoms with Crippen molar-refractivity contribution in [3.05, 3.63) is 71.9 Å². The molecule has 0 radical (unpaired) electrons. The maximum atomic E-state index is 12.4. The molecule has 4 aromatic rings. The smallest absolute Gasteiger partial charge is 0.275 e. The molecule has 3 heterocycles. The van der Waals surface area contributed by atoms with E-state index in [-0.39, 0.29) is 11.6 Å². The van der Waals surface area contributed by atoms with Gasteiger partial charge in [0.2, 0.25) is 0 Å². The molecule has 0 bridgehead atoms. The minimum Gasteiger partial charge on any atom is -0.319 e. The number of aromatic nitrogens is 5. The number of pyridine rings is 1. The highest BCUT2D eigenvalue weighted by molar-refractivity contribution is 6.03. The minimum absolute atomic E-state index is 0.256. The second-order valence-corrected chi connectivity index (χ2v) is 5.94. The van der Waals surface area contributed by atoms with Gasteiger partial charge in [0.15, 0.2) is 5.82 Å². The molecule has 0 spiro atoms. The fraction of sp³-hybridized carbons (Fsp3) is 0.105. The van der Waals surface area contributed by atoms with Crippen LogP contribution in [0.4, 0.5) is 5.69 Å². The van der Waals surface area contributed by atoms with Crippen molar-refractivity contribution in [1.29, 1.82) is 0 Å². The Kier molecular flexibility index (Phi) is 3.89. The summed E-state index contributed by atoms with van der Waals surface area (Å²) in [6, 6.07) is 13.0. The summed E-state index contributed by atoms with van der Waals surface area (Å²) >= 11 is 0. The van der Waals surface area contributed by atoms with Crippen LogP contribution in [0, 0.1) is 13.8 Å². The van der Waals surface area contributed by atoms with Gasteiger partial charge in [-0.05, 0) is 44.2 Å². The summed E-state index contributed by atoms with van der Waals surface area (Å²) in [5, 5.41) is 7.18. The van der Waals surface area contributed by atoms with Crippen molar-refractivity contribution < 1.29 is 4.79 Å². The molecule has 1 aromatic carbocycles. The lowest BCUT2D eigenvalue weighted by atomic mass is 10.3. The van der Waals surface area contributed by atoms with E-state index in [0.29, 0.717) is 17.0 Å². The van der Waals surface area contributed by atoms with Crippen LogP contribution in [0.25, 0.3) is 16.9 Å². The van der Waals surface area contributed by atoms with E-state index in [1.807, 2.05) is 44.2 Å². The van der Waals surface area contributed by atoms with Gasteiger partial charge in [0, 0.05) is 5.69 Å². The van der Waals surface area contributed by atoms with Crippen LogP contribution in [-0.2, 0) is 0 Å². The first-order valence-corrected chi connectivity index (χ1v) is 8.13. The van der Waals surface area contributed by atoms with Gasteiger partial charge in [0.25, 0.3) is 5.91 Å². The van der Waals surface area contributed by atoms with Gasteiger partial charge in [-0.1, -0.05) is 12.1 Å². The lowest BCUT2D eigenvalue weighted by Gasteiger charge is -2.07. The number of carbonyl (C=O) groups is 1. The predicted molar refractivity (Wildman–Crippen MR) is 98.3 cm³/mol. The summed E-state index contributed by atoms with van der Waals surface area (Å²) in [7, 11) is 0. The maximum absolute atomic E-state index is 12.4. The molecule has 1 amide bonds. The summed E-state index contributed by atoms with van der Waals surface area (Å²) in [5.74, 6) is 0.364. The van der Waals surface area contributed by atoms with Crippen molar-refractivity contribution in [2.45, 2.75) is 13.8 Å². The van der Waals surface area contributed by atoms with Gasteiger partial charge in [0.1, 0.15) is 5.69 Å². The molecule has 0 fully saturated rings. The number of benzene rings is 1. The van der Waals surface area contributed by atoms with Crippen LogP contribution in [0.1, 0.15) is 21.9 Å². The number of amides is 1. The predicted octanol–water partition coefficient (Wildman–Crippen LogP) is 3.08. The normalized spacial score (nSPS) is 10.8. The lowest BCUT2D eigenvalue weighted by molar-refractivity contribution is 0.102. The molecule has 1 N–H and O–H groups in total. The largest absolute Gasteiger partial charge is 0.319 e. The standard InChI is InChI=1S/C19H16N6O/c1-12-9-13(2)25(24-12)18-8-7-14(10-21-18)22-19(26)17-11-20-15-5-3-4-6-16(15)23-17/h3-11H,1-2H3,(H,22,26). The van der Waals surface area contributed by atoms with Crippen LogP contribution in [0.5, 0.6) is 0 Å². The van der Waals surface area contributed by atoms with E-state index >= 15 is 0 Å². The first-order chi connectivity index (χ1) is 12.6. The molecule has 0 atom stereocenters. The summed E-state index contributed by atoms with van der Waals surface area (Å²) in [5.41, 5.74) is 4.19. The summed E-state index contributed by atoms with van der Waals surface area (Å²) in [6.07, 6.45) is 3.06. The first kappa shape index (κ1) is 15.9. The molecule has 0 aliphatic rings. The number of nitrogens with one attached hydrogen (secondary N) is 1. The van der Waals surface area contributed by atoms with Crippen LogP contribution in [-0.4, -0.2) is 30.6 Å². The molecular formula is C19H16N6O. The third-order valence-corrected chi connectivity index (χ3v) is 3.91. The number of anilines is 1. The highest BCUT2D eigenvalue weighted by Gasteiger charge is 2.10. The molecular weight excluding hydrogens is 328 g/mol. The van der Waals surface area contributed by atoms with Gasteiger partial charge in [-0.25, -0.2) is 14.6 Å². The van der Waals surface area contributed by atoms with Crippen LogP contribution in [0.3, 0.4) is 0 Å². The molecule has 0 saturated heterocycles. The highest BCUT2D eigenvalue weighted by atomic mass is 16.1. The topological polar surface area (TPSA) is 85.6 Å². The summed E-state index contributed by atoms with van der Waals surface area (Å²) in [6.45, 7) is 3.90. The Bertz CT molecular complexity index is 1100. The quantitative estimate of drug-likeness (QED) is 0.617. The van der Waals surface area contributed by atoms with E-state index in [9.17, 15) is 4.79 Å². The molecule has 0 unspecified atom stereocenters. The van der Waals surface area contributed by atoms with Gasteiger partial charge in [-0.3, -0.25) is 9.78 Å². The van der Waals surface area contributed by atoms with E-state index in [1.54, 1.807) is 23.0 Å². The van der Waals surface area contributed by atoms with Crippen molar-refractivity contribution in [1.82, 2.24) is 24.7 Å². The van der Waals surface area contributed by atoms with Crippen LogP contribution in [0.2, 0.25) is 0 Å². The van der Waals surface area contributed by atoms with Crippen molar-refractivity contribution in [2.24, 2.45) is 0 Å². The first-order valence-electron chi connectivity index (χ1n) is 8.13. The number of rotatable bonds is 3. The van der Waals surface area contributed by atoms with E-state index in [1.165, 1.54) is 6.20 Å². The third-order valence-electron chi connectivity index (χ3n) is 3.91. The number of aryl methyl sites for hydroxylation is 2. The number of hydrogen-bond acceptors (Lipinski definition) is 5. The fourth-order valence-corrected chi connectivity index (χ4v) is 2.71. The Morgan fingerprint density at radius 1 is 1.00 bits per heavy atom. The van der Waals surface area contributed by atoms with Gasteiger partial charge < -0.3 is 5.32 Å². The van der Waals surface area contributed by atoms with Crippen molar-refractivity contribution in [3.63, 3.8) is 0 Å². The Morgan fingerprint density at radius 2 is 1.81 bits per heavy atom. The van der Waals surface area contributed by atoms with Gasteiger partial charge in [-0.15, -0.1) is 0 Å². The van der Waals surface area contributed by atoms with E-state index in [0.717, 1.165) is 16.9 Å². The van der Waals surface area contributed by atoms with Gasteiger partial charge in [-0.2, -0.15) is 5.10 Å². The molecule has 0 saturated carbocycles. The Balaban J connectivity index is 1.54. The highest BCUT2D eigenvalue weighted by Crippen LogP contribution is 2.14. The second-order valence-electron chi connectivity index (χ2n) is 5.94. The van der Waals surface area contributed by atoms with Crippen molar-refractivity contribution in [3.8, 4) is 5.82 Å². The zero-order chi connectivity index (χ0) is 18.1. The zero-order valence-corrected chi connectivity index (χ0v) is 14.3. The fourth-order valence-electron chi connectivity index (χ4n) is 2.71. The van der Waals surface area contributed by atoms with E-state index in [2.05, 4.69) is 25.4 Å². The van der Waals surface area contributed by atoms with Crippen LogP contribution >= 0.6 is 0 Å². The Morgan fingerprint density at radius 3 is 2.50 bits per heavy atom. The number of hydrogen-bond donors (Lipinski definition) is 1. The molecule has 7 nitrogen and oxygen atoms in total. The molecule has 4 rings (SSSR count). The second kappa shape index (κ2) is 6.36. The minimum atomic E-state index is -0.330. The Hall–Kier alpha value is -3.61. The SMILES string of the molecule is Cc1cc(C)n(-c2ccc(NC(=O)c3cnc4ccccc4n3)cn2)n1. The summed E-state index contributed by atoms with van der Waals surface area (Å²) in [4.78, 5) is 25.4. The molecule has 7 heteroatoms. The van der Waals surface area contributed by atoms with E-state index in [4.69, 9.17) is 0 Å². The van der Waals surface area contributed by atoms with Gasteiger partial charge >= 0.3 is 0 Å². The van der Waals surface area contributed by atoms with Crippen LogP contribution in [0.15, 0.2) is 54.9 Å². The average Bonchev–Trinajstić information content (AvgIpc) is 3.00. The number of fused-ring (bicyclic) bond motifs is 1. The molecule has 26 heavy (non-hydrogen) atoms. The summed E-state index contributed by atoms with van der Waals surface area (Å²) < 4.78 is 1.76. The number of carbonyl (C=O) groups excluding carboxylic acids is 1. The number of nitrogens with zero attached hydrogens (tertiary/aromatic N) is 5. The van der Waals surface area contributed by atoms with Crippen molar-refractivity contribution >= 4 is 22.6 Å². The van der Waals surface area contributed by atoms with Crippen LogP contribution < -0.4 is 5.32 Å². The maximum Gasteiger partial charge on any atom is 0.275 e. The molecule has 3 aromatic heterocycles. The van der Waals surface area contributed by atoms with Gasteiger partial charge in [0.05, 0.1) is 34.8 Å². The van der Waals surface area contributed by atoms with E-state index < -0.39 is 0 Å². The third kappa shape index (κ3) is 3.02. The average molecular weight is 344 g/mol. The lowest BCUT2D eigenvalue weighted by Crippen LogP contribution is -2.14. The molecule has 0 aliphatic carbocycles.